The summed E-state index contributed by atoms with van der Waals surface area (Å²) in [4.78, 5) is 26.0. The predicted molar refractivity (Wildman–Crippen MR) is 77.2 cm³/mol. The van der Waals surface area contributed by atoms with Gasteiger partial charge in [0.15, 0.2) is 0 Å². The Labute approximate surface area is 120 Å². The Morgan fingerprint density at radius 1 is 1.29 bits per heavy atom. The number of carboxylic acids is 1. The van der Waals surface area contributed by atoms with Crippen LogP contribution < -0.4 is 10.6 Å². The van der Waals surface area contributed by atoms with E-state index in [0.29, 0.717) is 5.69 Å². The lowest BCUT2D eigenvalue weighted by atomic mass is 10.2. The molecule has 2 rings (SSSR count). The second-order valence-electron chi connectivity index (χ2n) is 4.24. The van der Waals surface area contributed by atoms with Gasteiger partial charge in [-0.15, -0.1) is 0 Å². The lowest BCUT2D eigenvalue weighted by Crippen LogP contribution is -2.31. The van der Waals surface area contributed by atoms with Crippen molar-refractivity contribution in [2.45, 2.75) is 0 Å². The third-order valence-corrected chi connectivity index (χ3v) is 2.62. The third kappa shape index (κ3) is 4.73. The number of urea groups is 1. The SMILES string of the molecule is O=C(O)COCCNC(=O)Nc1ccc2ncccc2c1. The molecule has 110 valence electrons. The highest BCUT2D eigenvalue weighted by molar-refractivity contribution is 5.92. The summed E-state index contributed by atoms with van der Waals surface area (Å²) in [6.45, 7) is -0.00339. The predicted octanol–water partition coefficient (Wildman–Crippen LogP) is 1.46. The fourth-order valence-corrected chi connectivity index (χ4v) is 1.72. The summed E-state index contributed by atoms with van der Waals surface area (Å²) in [7, 11) is 0. The molecule has 1 heterocycles. The number of nitrogens with zero attached hydrogens (tertiary/aromatic N) is 1. The Bertz CT molecular complexity index is 645. The van der Waals surface area contributed by atoms with Crippen molar-refractivity contribution >= 4 is 28.6 Å². The van der Waals surface area contributed by atoms with Gasteiger partial charge in [-0.25, -0.2) is 9.59 Å². The van der Waals surface area contributed by atoms with E-state index in [-0.39, 0.29) is 25.8 Å². The van der Waals surface area contributed by atoms with Crippen molar-refractivity contribution in [3.8, 4) is 0 Å². The van der Waals surface area contributed by atoms with Gasteiger partial charge in [-0.2, -0.15) is 0 Å². The van der Waals surface area contributed by atoms with Gasteiger partial charge >= 0.3 is 12.0 Å². The lowest BCUT2D eigenvalue weighted by molar-refractivity contribution is -0.142. The molecule has 0 radical (unpaired) electrons. The lowest BCUT2D eigenvalue weighted by Gasteiger charge is -2.08. The van der Waals surface area contributed by atoms with Crippen LogP contribution in [0.5, 0.6) is 0 Å². The van der Waals surface area contributed by atoms with E-state index in [4.69, 9.17) is 9.84 Å². The highest BCUT2D eigenvalue weighted by Crippen LogP contribution is 2.16. The van der Waals surface area contributed by atoms with Gasteiger partial charge in [-0.1, -0.05) is 6.07 Å². The molecule has 0 aliphatic carbocycles. The Morgan fingerprint density at radius 3 is 2.95 bits per heavy atom. The molecule has 0 aliphatic heterocycles. The normalized spacial score (nSPS) is 10.3. The maximum atomic E-state index is 11.6. The fourth-order valence-electron chi connectivity index (χ4n) is 1.72. The Kier molecular flexibility index (Phi) is 5.05. The molecular formula is C14H15N3O4. The number of benzene rings is 1. The molecule has 0 saturated carbocycles. The quantitative estimate of drug-likeness (QED) is 0.699. The van der Waals surface area contributed by atoms with Crippen molar-refractivity contribution < 1.29 is 19.4 Å². The van der Waals surface area contributed by atoms with Crippen molar-refractivity contribution in [1.82, 2.24) is 10.3 Å². The number of carboxylic acid groups (broad SMARTS) is 1. The number of anilines is 1. The van der Waals surface area contributed by atoms with Crippen molar-refractivity contribution in [2.75, 3.05) is 25.1 Å². The summed E-state index contributed by atoms with van der Waals surface area (Å²) in [6, 6.07) is 8.76. The van der Waals surface area contributed by atoms with Gasteiger partial charge in [-0.3, -0.25) is 4.98 Å². The maximum absolute atomic E-state index is 11.6. The average molecular weight is 289 g/mol. The van der Waals surface area contributed by atoms with Gasteiger partial charge in [0.05, 0.1) is 12.1 Å². The van der Waals surface area contributed by atoms with Crippen LogP contribution in [-0.2, 0) is 9.53 Å². The molecule has 1 aromatic carbocycles. The number of hydrogen-bond acceptors (Lipinski definition) is 4. The summed E-state index contributed by atoms with van der Waals surface area (Å²) >= 11 is 0. The van der Waals surface area contributed by atoms with Gasteiger partial charge in [0.1, 0.15) is 6.61 Å². The average Bonchev–Trinajstić information content (AvgIpc) is 2.46. The Morgan fingerprint density at radius 2 is 2.14 bits per heavy atom. The number of rotatable bonds is 6. The van der Waals surface area contributed by atoms with Crippen molar-refractivity contribution in [2.24, 2.45) is 0 Å². The molecule has 21 heavy (non-hydrogen) atoms. The van der Waals surface area contributed by atoms with E-state index in [1.807, 2.05) is 24.3 Å². The van der Waals surface area contributed by atoms with Gasteiger partial charge in [0, 0.05) is 23.8 Å². The molecule has 2 aromatic rings. The summed E-state index contributed by atoms with van der Waals surface area (Å²) in [5, 5.41) is 14.6. The zero-order chi connectivity index (χ0) is 15.1. The first-order chi connectivity index (χ1) is 10.1. The zero-order valence-corrected chi connectivity index (χ0v) is 11.2. The van der Waals surface area contributed by atoms with Crippen molar-refractivity contribution in [3.05, 3.63) is 36.5 Å². The number of carbonyl (C=O) groups is 2. The number of ether oxygens (including phenoxy) is 1. The summed E-state index contributed by atoms with van der Waals surface area (Å²) in [6.07, 6.45) is 1.71. The molecule has 3 N–H and O–H groups in total. The number of amides is 2. The molecule has 0 atom stereocenters. The van der Waals surface area contributed by atoms with Gasteiger partial charge in [0.25, 0.3) is 0 Å². The van der Waals surface area contributed by atoms with Crippen LogP contribution in [-0.4, -0.2) is 41.8 Å². The standard InChI is InChI=1S/C14H15N3O4/c18-13(19)9-21-7-6-16-14(20)17-11-3-4-12-10(8-11)2-1-5-15-12/h1-5,8H,6-7,9H2,(H,18,19)(H2,16,17,20). The minimum Gasteiger partial charge on any atom is -0.480 e. The van der Waals surface area contributed by atoms with Gasteiger partial charge in [-0.05, 0) is 24.3 Å². The van der Waals surface area contributed by atoms with Crippen LogP contribution in [0, 0.1) is 0 Å². The van der Waals surface area contributed by atoms with Gasteiger partial charge in [0.2, 0.25) is 0 Å². The first-order valence-corrected chi connectivity index (χ1v) is 6.34. The summed E-state index contributed by atoms with van der Waals surface area (Å²) in [5.41, 5.74) is 1.50. The molecule has 1 aromatic heterocycles. The summed E-state index contributed by atoms with van der Waals surface area (Å²) < 4.78 is 4.80. The zero-order valence-electron chi connectivity index (χ0n) is 11.2. The van der Waals surface area contributed by atoms with Crippen molar-refractivity contribution in [1.29, 1.82) is 0 Å². The topological polar surface area (TPSA) is 101 Å². The number of hydrogen-bond donors (Lipinski definition) is 3. The molecule has 0 saturated heterocycles. The van der Waals surface area contributed by atoms with Crippen LogP contribution in [0.15, 0.2) is 36.5 Å². The van der Waals surface area contributed by atoms with E-state index >= 15 is 0 Å². The molecule has 0 spiro atoms. The van der Waals surface area contributed by atoms with Crippen LogP contribution in [0.3, 0.4) is 0 Å². The number of nitrogens with one attached hydrogen (secondary N) is 2. The van der Waals surface area contributed by atoms with Crippen LogP contribution in [0.25, 0.3) is 10.9 Å². The van der Waals surface area contributed by atoms with E-state index in [9.17, 15) is 9.59 Å². The van der Waals surface area contributed by atoms with E-state index in [1.54, 1.807) is 12.3 Å². The largest absolute Gasteiger partial charge is 0.480 e. The minimum absolute atomic E-state index is 0.140. The minimum atomic E-state index is -1.04. The molecule has 2 amide bonds. The second-order valence-corrected chi connectivity index (χ2v) is 4.24. The van der Waals surface area contributed by atoms with Gasteiger partial charge < -0.3 is 20.5 Å². The number of aliphatic carboxylic acids is 1. The Balaban J connectivity index is 1.80. The van der Waals surface area contributed by atoms with E-state index in [0.717, 1.165) is 10.9 Å². The highest BCUT2D eigenvalue weighted by Gasteiger charge is 2.03. The molecule has 7 nitrogen and oxygen atoms in total. The number of pyridine rings is 1. The highest BCUT2D eigenvalue weighted by atomic mass is 16.5. The first kappa shape index (κ1) is 14.7. The van der Waals surface area contributed by atoms with Crippen LogP contribution in [0.4, 0.5) is 10.5 Å². The summed E-state index contributed by atoms with van der Waals surface area (Å²) in [5.74, 6) is -1.04. The molecule has 0 aliphatic rings. The number of carbonyl (C=O) groups excluding carboxylic acids is 1. The molecule has 0 fully saturated rings. The first-order valence-electron chi connectivity index (χ1n) is 6.34. The molecule has 7 heteroatoms. The maximum Gasteiger partial charge on any atom is 0.329 e. The number of fused-ring (bicyclic) bond motifs is 1. The smallest absolute Gasteiger partial charge is 0.329 e. The van der Waals surface area contributed by atoms with Crippen LogP contribution in [0.1, 0.15) is 0 Å². The fraction of sp³-hybridized carbons (Fsp3) is 0.214. The van der Waals surface area contributed by atoms with E-state index < -0.39 is 5.97 Å². The monoisotopic (exact) mass is 289 g/mol. The van der Waals surface area contributed by atoms with Crippen LogP contribution >= 0.6 is 0 Å². The molecule has 0 bridgehead atoms. The van der Waals surface area contributed by atoms with Crippen molar-refractivity contribution in [3.63, 3.8) is 0 Å². The number of aromatic nitrogens is 1. The van der Waals surface area contributed by atoms with E-state index in [1.165, 1.54) is 0 Å². The van der Waals surface area contributed by atoms with E-state index in [2.05, 4.69) is 15.6 Å². The second kappa shape index (κ2) is 7.20. The molecular weight excluding hydrogens is 274 g/mol. The van der Waals surface area contributed by atoms with Crippen LogP contribution in [0.2, 0.25) is 0 Å². The Hall–Kier alpha value is -2.67. The molecule has 0 unspecified atom stereocenters. The third-order valence-electron chi connectivity index (χ3n) is 2.62.